The first kappa shape index (κ1) is 16.1. The summed E-state index contributed by atoms with van der Waals surface area (Å²) < 4.78 is 7.37. The van der Waals surface area contributed by atoms with Crippen molar-refractivity contribution in [3.63, 3.8) is 0 Å². The van der Waals surface area contributed by atoms with E-state index in [1.54, 1.807) is 4.57 Å². The Kier molecular flexibility index (Phi) is 4.74. The first-order valence-electron chi connectivity index (χ1n) is 8.78. The highest BCUT2D eigenvalue weighted by Gasteiger charge is 2.34. The second-order valence-electron chi connectivity index (χ2n) is 7.45. The van der Waals surface area contributed by atoms with E-state index < -0.39 is 0 Å². The Morgan fingerprint density at radius 1 is 1.22 bits per heavy atom. The Bertz CT molecular complexity index is 683. The third-order valence-corrected chi connectivity index (χ3v) is 5.31. The smallest absolute Gasteiger partial charge is 0.413 e. The van der Waals surface area contributed by atoms with Gasteiger partial charge in [-0.3, -0.25) is 4.57 Å². The molecule has 3 nitrogen and oxygen atoms in total. The third-order valence-electron chi connectivity index (χ3n) is 5.31. The maximum Gasteiger partial charge on any atom is 0.419 e. The molecule has 0 aliphatic heterocycles. The quantitative estimate of drug-likeness (QED) is 0.822. The summed E-state index contributed by atoms with van der Waals surface area (Å²) in [6, 6.07) is 10.1. The van der Waals surface area contributed by atoms with Gasteiger partial charge in [0.15, 0.2) is 0 Å². The first-order chi connectivity index (χ1) is 11.0. The lowest BCUT2D eigenvalue weighted by Crippen LogP contribution is -2.25. The minimum absolute atomic E-state index is 0.232. The van der Waals surface area contributed by atoms with Crippen LogP contribution in [0.1, 0.15) is 57.3 Å². The number of benzene rings is 1. The van der Waals surface area contributed by atoms with Gasteiger partial charge in [-0.15, -0.1) is 0 Å². The number of rotatable bonds is 4. The van der Waals surface area contributed by atoms with Crippen LogP contribution in [0, 0.1) is 17.8 Å². The second-order valence-corrected chi connectivity index (χ2v) is 7.45. The van der Waals surface area contributed by atoms with E-state index in [-0.39, 0.29) is 5.76 Å². The Morgan fingerprint density at radius 3 is 2.65 bits per heavy atom. The lowest BCUT2D eigenvalue weighted by atomic mass is 9.69. The summed E-state index contributed by atoms with van der Waals surface area (Å²) in [5.41, 5.74) is 1.12. The van der Waals surface area contributed by atoms with Crippen LogP contribution in [-0.4, -0.2) is 4.57 Å². The normalized spacial score (nSPS) is 25.0. The van der Waals surface area contributed by atoms with Crippen molar-refractivity contribution in [3.8, 4) is 0 Å². The highest BCUT2D eigenvalue weighted by Crippen LogP contribution is 2.43. The highest BCUT2D eigenvalue weighted by molar-refractivity contribution is 5.15. The summed E-state index contributed by atoms with van der Waals surface area (Å²) in [6.45, 7) is 7.46. The van der Waals surface area contributed by atoms with Gasteiger partial charge >= 0.3 is 5.76 Å². The monoisotopic (exact) mass is 313 g/mol. The zero-order valence-corrected chi connectivity index (χ0v) is 14.4. The molecular weight excluding hydrogens is 286 g/mol. The maximum absolute atomic E-state index is 12.2. The van der Waals surface area contributed by atoms with Crippen LogP contribution in [0.15, 0.2) is 45.7 Å². The molecule has 0 N–H and O–H groups in total. The van der Waals surface area contributed by atoms with Crippen molar-refractivity contribution in [3.05, 3.63) is 58.4 Å². The summed E-state index contributed by atoms with van der Waals surface area (Å²) in [7, 11) is 0. The van der Waals surface area contributed by atoms with Gasteiger partial charge in [0.25, 0.3) is 0 Å². The van der Waals surface area contributed by atoms with E-state index in [4.69, 9.17) is 4.42 Å². The van der Waals surface area contributed by atoms with Gasteiger partial charge in [0.2, 0.25) is 0 Å². The average Bonchev–Trinajstić information content (AvgIpc) is 2.89. The molecule has 3 rings (SSSR count). The molecule has 1 aromatic carbocycles. The number of hydrogen-bond donors (Lipinski definition) is 0. The fraction of sp³-hybridized carbons (Fsp3) is 0.550. The van der Waals surface area contributed by atoms with Crippen molar-refractivity contribution >= 4 is 0 Å². The molecule has 1 saturated carbocycles. The molecule has 124 valence electrons. The van der Waals surface area contributed by atoms with Crippen molar-refractivity contribution in [2.75, 3.05) is 0 Å². The van der Waals surface area contributed by atoms with E-state index in [1.165, 1.54) is 12.8 Å². The Morgan fingerprint density at radius 2 is 1.96 bits per heavy atom. The van der Waals surface area contributed by atoms with E-state index in [9.17, 15) is 4.79 Å². The van der Waals surface area contributed by atoms with Crippen LogP contribution in [0.25, 0.3) is 0 Å². The van der Waals surface area contributed by atoms with Gasteiger partial charge in [-0.05, 0) is 36.2 Å². The van der Waals surface area contributed by atoms with Gasteiger partial charge in [0.05, 0.1) is 6.54 Å². The van der Waals surface area contributed by atoms with Gasteiger partial charge in [-0.1, -0.05) is 57.5 Å². The van der Waals surface area contributed by atoms with Crippen LogP contribution in [0.3, 0.4) is 0 Å². The second kappa shape index (κ2) is 6.77. The molecule has 3 heteroatoms. The predicted octanol–water partition coefficient (Wildman–Crippen LogP) is 4.67. The van der Waals surface area contributed by atoms with Crippen LogP contribution in [0.4, 0.5) is 0 Å². The zero-order valence-electron chi connectivity index (χ0n) is 14.4. The van der Waals surface area contributed by atoms with Gasteiger partial charge in [0, 0.05) is 12.1 Å². The van der Waals surface area contributed by atoms with Gasteiger partial charge in [0.1, 0.15) is 5.76 Å². The predicted molar refractivity (Wildman–Crippen MR) is 92.6 cm³/mol. The van der Waals surface area contributed by atoms with Crippen LogP contribution < -0.4 is 5.76 Å². The summed E-state index contributed by atoms with van der Waals surface area (Å²) >= 11 is 0. The summed E-state index contributed by atoms with van der Waals surface area (Å²) in [4.78, 5) is 12.2. The fourth-order valence-corrected chi connectivity index (χ4v) is 3.98. The van der Waals surface area contributed by atoms with Gasteiger partial charge in [-0.2, -0.15) is 0 Å². The zero-order chi connectivity index (χ0) is 16.4. The maximum atomic E-state index is 12.2. The SMILES string of the molecule is CC1CCC(C(C)C)C(c2cn(Cc3ccccc3)c(=O)o2)C1. The van der Waals surface area contributed by atoms with Crippen LogP contribution in [-0.2, 0) is 6.54 Å². The van der Waals surface area contributed by atoms with Gasteiger partial charge < -0.3 is 4.42 Å². The molecule has 0 bridgehead atoms. The standard InChI is InChI=1S/C20H27NO2/c1-14(2)17-10-9-15(3)11-18(17)19-13-21(20(22)23-19)12-16-7-5-4-6-8-16/h4-8,13-15,17-18H,9-12H2,1-3H3. The van der Waals surface area contributed by atoms with E-state index in [0.717, 1.165) is 17.7 Å². The van der Waals surface area contributed by atoms with Crippen LogP contribution in [0.2, 0.25) is 0 Å². The van der Waals surface area contributed by atoms with E-state index in [2.05, 4.69) is 20.8 Å². The molecule has 3 unspecified atom stereocenters. The van der Waals surface area contributed by atoms with Crippen LogP contribution in [0.5, 0.6) is 0 Å². The molecule has 1 aliphatic rings. The van der Waals surface area contributed by atoms with Crippen LogP contribution >= 0.6 is 0 Å². The number of aromatic nitrogens is 1. The minimum atomic E-state index is -0.232. The van der Waals surface area contributed by atoms with Crippen molar-refractivity contribution < 1.29 is 4.42 Å². The Balaban J connectivity index is 1.85. The average molecular weight is 313 g/mol. The van der Waals surface area contributed by atoms with Crippen molar-refractivity contribution in [1.29, 1.82) is 0 Å². The van der Waals surface area contributed by atoms with E-state index in [0.29, 0.717) is 30.2 Å². The number of hydrogen-bond acceptors (Lipinski definition) is 2. The van der Waals surface area contributed by atoms with Crippen molar-refractivity contribution in [2.45, 2.75) is 52.5 Å². The summed E-state index contributed by atoms with van der Waals surface area (Å²) in [6.07, 6.45) is 5.60. The van der Waals surface area contributed by atoms with Crippen molar-refractivity contribution in [1.82, 2.24) is 4.57 Å². The lowest BCUT2D eigenvalue weighted by Gasteiger charge is -2.36. The Hall–Kier alpha value is -1.77. The highest BCUT2D eigenvalue weighted by atomic mass is 16.4. The molecule has 1 heterocycles. The molecule has 0 spiro atoms. The molecule has 0 amide bonds. The van der Waals surface area contributed by atoms with E-state index in [1.807, 2.05) is 36.5 Å². The fourth-order valence-electron chi connectivity index (χ4n) is 3.98. The number of nitrogens with zero attached hydrogens (tertiary/aromatic N) is 1. The molecule has 1 fully saturated rings. The molecule has 2 aromatic rings. The minimum Gasteiger partial charge on any atom is -0.413 e. The number of oxazole rings is 1. The largest absolute Gasteiger partial charge is 0.419 e. The Labute approximate surface area is 138 Å². The molecule has 23 heavy (non-hydrogen) atoms. The molecule has 0 radical (unpaired) electrons. The topological polar surface area (TPSA) is 35.1 Å². The summed E-state index contributed by atoms with van der Waals surface area (Å²) in [5, 5.41) is 0. The first-order valence-corrected chi connectivity index (χ1v) is 8.78. The molecule has 0 saturated heterocycles. The third kappa shape index (κ3) is 3.60. The van der Waals surface area contributed by atoms with Crippen molar-refractivity contribution in [2.24, 2.45) is 17.8 Å². The molecule has 1 aromatic heterocycles. The van der Waals surface area contributed by atoms with E-state index >= 15 is 0 Å². The molecule has 1 aliphatic carbocycles. The van der Waals surface area contributed by atoms with Gasteiger partial charge in [-0.25, -0.2) is 4.79 Å². The molecular formula is C20H27NO2. The molecule has 3 atom stereocenters. The summed E-state index contributed by atoms with van der Waals surface area (Å²) in [5.74, 6) is 2.97. The lowest BCUT2D eigenvalue weighted by molar-refractivity contribution is 0.177.